The molecule has 2 aromatic heterocycles. The molecule has 6 nitrogen and oxygen atoms in total. The Balaban J connectivity index is 2.15. The van der Waals surface area contributed by atoms with E-state index in [-0.39, 0.29) is 6.61 Å². The van der Waals surface area contributed by atoms with Crippen LogP contribution in [0.2, 0.25) is 0 Å². The molecule has 0 aliphatic carbocycles. The van der Waals surface area contributed by atoms with E-state index in [9.17, 15) is 0 Å². The number of hydrogen-bond acceptors (Lipinski definition) is 5. The van der Waals surface area contributed by atoms with Gasteiger partial charge in [-0.05, 0) is 12.8 Å². The van der Waals surface area contributed by atoms with E-state index in [0.717, 1.165) is 30.7 Å². The molecule has 0 amide bonds. The van der Waals surface area contributed by atoms with Crippen molar-refractivity contribution in [2.24, 2.45) is 0 Å². The summed E-state index contributed by atoms with van der Waals surface area (Å²) in [4.78, 5) is 17.5. The number of imidazole rings is 1. The first-order valence-electron chi connectivity index (χ1n) is 5.29. The molecule has 0 atom stereocenters. The number of rotatable bonds is 5. The van der Waals surface area contributed by atoms with E-state index in [1.807, 2.05) is 11.9 Å². The third-order valence-electron chi connectivity index (χ3n) is 2.47. The summed E-state index contributed by atoms with van der Waals surface area (Å²) in [5, 5.41) is 8.73. The predicted octanol–water partition coefficient (Wildman–Crippen LogP) is 0.562. The topological polar surface area (TPSA) is 77.9 Å². The molecule has 0 aliphatic rings. The van der Waals surface area contributed by atoms with Crippen LogP contribution in [-0.4, -0.2) is 45.2 Å². The van der Waals surface area contributed by atoms with Crippen molar-refractivity contribution in [3.63, 3.8) is 0 Å². The summed E-state index contributed by atoms with van der Waals surface area (Å²) in [6.45, 7) is 1.09. The summed E-state index contributed by atoms with van der Waals surface area (Å²) in [7, 11) is 1.97. The quantitative estimate of drug-likeness (QED) is 0.721. The van der Waals surface area contributed by atoms with Gasteiger partial charge in [0.25, 0.3) is 0 Å². The van der Waals surface area contributed by atoms with Crippen LogP contribution in [-0.2, 0) is 0 Å². The highest BCUT2D eigenvalue weighted by Crippen LogP contribution is 2.18. The van der Waals surface area contributed by atoms with Gasteiger partial charge in [0.1, 0.15) is 11.8 Å². The molecule has 0 unspecified atom stereocenters. The van der Waals surface area contributed by atoms with E-state index in [1.54, 1.807) is 6.33 Å². The first-order chi connectivity index (χ1) is 7.83. The zero-order chi connectivity index (χ0) is 11.4. The molecule has 0 aromatic carbocycles. The highest BCUT2D eigenvalue weighted by Gasteiger charge is 2.09. The standard InChI is InChI=1S/C10H15N5O/c1-15(4-2-3-5-16)10-8-9(12-6-11-8)13-7-14-10/h6-7,16H,2-5H2,1H3,(H,11,12,13,14). The Morgan fingerprint density at radius 2 is 2.19 bits per heavy atom. The van der Waals surface area contributed by atoms with Crippen LogP contribution in [0, 0.1) is 0 Å². The molecule has 0 saturated heterocycles. The number of nitrogens with one attached hydrogen (secondary N) is 1. The molecule has 2 heterocycles. The van der Waals surface area contributed by atoms with Gasteiger partial charge in [-0.2, -0.15) is 0 Å². The van der Waals surface area contributed by atoms with Crippen molar-refractivity contribution in [1.29, 1.82) is 0 Å². The number of H-pyrrole nitrogens is 1. The molecular weight excluding hydrogens is 206 g/mol. The molecule has 0 saturated carbocycles. The summed E-state index contributed by atoms with van der Waals surface area (Å²) in [6, 6.07) is 0. The van der Waals surface area contributed by atoms with Crippen molar-refractivity contribution >= 4 is 17.0 Å². The maximum Gasteiger partial charge on any atom is 0.182 e. The smallest absolute Gasteiger partial charge is 0.182 e. The number of unbranched alkanes of at least 4 members (excludes halogenated alkanes) is 1. The fourth-order valence-corrected chi connectivity index (χ4v) is 1.61. The van der Waals surface area contributed by atoms with Crippen LogP contribution in [0.15, 0.2) is 12.7 Å². The Bertz CT molecular complexity index is 455. The van der Waals surface area contributed by atoms with Gasteiger partial charge in [-0.1, -0.05) is 0 Å². The minimum atomic E-state index is 0.233. The first kappa shape index (κ1) is 10.8. The number of aromatic amines is 1. The highest BCUT2D eigenvalue weighted by atomic mass is 16.2. The van der Waals surface area contributed by atoms with Gasteiger partial charge in [0.15, 0.2) is 11.5 Å². The van der Waals surface area contributed by atoms with E-state index < -0.39 is 0 Å². The Labute approximate surface area is 93.4 Å². The lowest BCUT2D eigenvalue weighted by Gasteiger charge is -2.17. The minimum absolute atomic E-state index is 0.233. The third-order valence-corrected chi connectivity index (χ3v) is 2.47. The molecule has 0 aliphatic heterocycles. The normalized spacial score (nSPS) is 10.9. The number of aliphatic hydroxyl groups excluding tert-OH is 1. The lowest BCUT2D eigenvalue weighted by molar-refractivity contribution is 0.285. The maximum absolute atomic E-state index is 8.73. The predicted molar refractivity (Wildman–Crippen MR) is 61.3 cm³/mol. The largest absolute Gasteiger partial charge is 0.396 e. The van der Waals surface area contributed by atoms with Gasteiger partial charge in [0.05, 0.1) is 6.33 Å². The Hall–Kier alpha value is -1.69. The number of aromatic nitrogens is 4. The van der Waals surface area contributed by atoms with Gasteiger partial charge in [0, 0.05) is 20.2 Å². The third kappa shape index (κ3) is 2.11. The van der Waals surface area contributed by atoms with Crippen molar-refractivity contribution in [3.05, 3.63) is 12.7 Å². The van der Waals surface area contributed by atoms with Crippen LogP contribution in [0.4, 0.5) is 5.82 Å². The average Bonchev–Trinajstić information content (AvgIpc) is 2.76. The first-order valence-corrected chi connectivity index (χ1v) is 5.29. The fraction of sp³-hybridized carbons (Fsp3) is 0.500. The number of hydrogen-bond donors (Lipinski definition) is 2. The van der Waals surface area contributed by atoms with E-state index in [0.29, 0.717) is 5.65 Å². The van der Waals surface area contributed by atoms with E-state index in [2.05, 4.69) is 19.9 Å². The second kappa shape index (κ2) is 4.89. The van der Waals surface area contributed by atoms with E-state index in [1.165, 1.54) is 6.33 Å². The molecule has 16 heavy (non-hydrogen) atoms. The van der Waals surface area contributed by atoms with Gasteiger partial charge in [-0.15, -0.1) is 0 Å². The van der Waals surface area contributed by atoms with Crippen LogP contribution >= 0.6 is 0 Å². The monoisotopic (exact) mass is 221 g/mol. The van der Waals surface area contributed by atoms with Crippen LogP contribution in [0.5, 0.6) is 0 Å². The molecule has 2 N–H and O–H groups in total. The number of aliphatic hydroxyl groups is 1. The van der Waals surface area contributed by atoms with Crippen LogP contribution in [0.3, 0.4) is 0 Å². The zero-order valence-corrected chi connectivity index (χ0v) is 9.22. The highest BCUT2D eigenvalue weighted by molar-refractivity contribution is 5.82. The van der Waals surface area contributed by atoms with Gasteiger partial charge >= 0.3 is 0 Å². The van der Waals surface area contributed by atoms with Crippen molar-refractivity contribution in [2.75, 3.05) is 25.1 Å². The average molecular weight is 221 g/mol. The molecule has 0 fully saturated rings. The summed E-state index contributed by atoms with van der Waals surface area (Å²) in [5.74, 6) is 0.848. The fourth-order valence-electron chi connectivity index (χ4n) is 1.61. The molecule has 2 rings (SSSR count). The van der Waals surface area contributed by atoms with Gasteiger partial charge in [0.2, 0.25) is 0 Å². The lowest BCUT2D eigenvalue weighted by atomic mass is 10.3. The summed E-state index contributed by atoms with van der Waals surface area (Å²) >= 11 is 0. The minimum Gasteiger partial charge on any atom is -0.396 e. The Kier molecular flexibility index (Phi) is 3.31. The second-order valence-corrected chi connectivity index (χ2v) is 3.65. The molecule has 0 spiro atoms. The molecule has 6 heteroatoms. The Morgan fingerprint density at radius 1 is 1.31 bits per heavy atom. The van der Waals surface area contributed by atoms with Crippen LogP contribution < -0.4 is 4.90 Å². The number of fused-ring (bicyclic) bond motifs is 1. The number of anilines is 1. The molecule has 0 radical (unpaired) electrons. The summed E-state index contributed by atoms with van der Waals surface area (Å²) in [5.41, 5.74) is 1.54. The zero-order valence-electron chi connectivity index (χ0n) is 9.22. The lowest BCUT2D eigenvalue weighted by Crippen LogP contribution is -2.20. The van der Waals surface area contributed by atoms with Crippen molar-refractivity contribution in [2.45, 2.75) is 12.8 Å². The van der Waals surface area contributed by atoms with Gasteiger partial charge in [-0.3, -0.25) is 0 Å². The Morgan fingerprint density at radius 3 is 3.00 bits per heavy atom. The van der Waals surface area contributed by atoms with Crippen molar-refractivity contribution in [3.8, 4) is 0 Å². The second-order valence-electron chi connectivity index (χ2n) is 3.65. The summed E-state index contributed by atoms with van der Waals surface area (Å²) in [6.07, 6.45) is 4.87. The molecular formula is C10H15N5O. The van der Waals surface area contributed by atoms with Crippen LogP contribution in [0.25, 0.3) is 11.2 Å². The maximum atomic E-state index is 8.73. The van der Waals surface area contributed by atoms with E-state index in [4.69, 9.17) is 5.11 Å². The molecule has 2 aromatic rings. The van der Waals surface area contributed by atoms with Crippen molar-refractivity contribution in [1.82, 2.24) is 19.9 Å². The summed E-state index contributed by atoms with van der Waals surface area (Å²) < 4.78 is 0. The number of nitrogens with zero attached hydrogens (tertiary/aromatic N) is 4. The molecule has 86 valence electrons. The van der Waals surface area contributed by atoms with Crippen molar-refractivity contribution < 1.29 is 5.11 Å². The van der Waals surface area contributed by atoms with E-state index >= 15 is 0 Å². The molecule has 0 bridgehead atoms. The van der Waals surface area contributed by atoms with Gasteiger partial charge < -0.3 is 15.0 Å². The SMILES string of the molecule is CN(CCCCO)c1ncnc2nc[nH]c12. The van der Waals surface area contributed by atoms with Crippen LogP contribution in [0.1, 0.15) is 12.8 Å². The van der Waals surface area contributed by atoms with Gasteiger partial charge in [-0.25, -0.2) is 15.0 Å².